The summed E-state index contributed by atoms with van der Waals surface area (Å²) in [5.41, 5.74) is 3.17. The van der Waals surface area contributed by atoms with Crippen molar-refractivity contribution in [3.8, 4) is 0 Å². The topological polar surface area (TPSA) is 73.9 Å². The van der Waals surface area contributed by atoms with Crippen molar-refractivity contribution in [1.29, 1.82) is 0 Å². The molecule has 3 rings (SSSR count). The van der Waals surface area contributed by atoms with Gasteiger partial charge in [-0.2, -0.15) is 5.48 Å². The molecule has 0 bridgehead atoms. The molecule has 1 saturated heterocycles. The van der Waals surface area contributed by atoms with E-state index in [1.807, 2.05) is 30.3 Å². The molecular formula is C21H29NO5Si. The van der Waals surface area contributed by atoms with E-state index < -0.39 is 20.1 Å². The van der Waals surface area contributed by atoms with Crippen molar-refractivity contribution >= 4 is 20.1 Å². The quantitative estimate of drug-likeness (QED) is 0.444. The summed E-state index contributed by atoms with van der Waals surface area (Å²) in [6, 6.07) is 9.65. The van der Waals surface area contributed by atoms with Crippen LogP contribution in [0.5, 0.6) is 0 Å². The maximum absolute atomic E-state index is 12.8. The Balaban J connectivity index is 1.85. The molecule has 1 aromatic rings. The summed E-state index contributed by atoms with van der Waals surface area (Å²) >= 11 is 0. The summed E-state index contributed by atoms with van der Waals surface area (Å²) < 4.78 is 12.1. The molecule has 152 valence electrons. The van der Waals surface area contributed by atoms with Crippen LogP contribution in [0.2, 0.25) is 18.1 Å². The Morgan fingerprint density at radius 3 is 2.50 bits per heavy atom. The van der Waals surface area contributed by atoms with Crippen LogP contribution in [-0.2, 0) is 30.2 Å². The second kappa shape index (κ2) is 7.55. The fourth-order valence-electron chi connectivity index (χ4n) is 3.12. The van der Waals surface area contributed by atoms with Gasteiger partial charge in [0.25, 0.3) is 0 Å². The van der Waals surface area contributed by atoms with E-state index in [1.165, 1.54) is 0 Å². The molecule has 1 aromatic carbocycles. The van der Waals surface area contributed by atoms with E-state index in [2.05, 4.69) is 39.3 Å². The first-order valence-electron chi connectivity index (χ1n) is 9.63. The van der Waals surface area contributed by atoms with Crippen molar-refractivity contribution in [3.05, 3.63) is 47.5 Å². The van der Waals surface area contributed by atoms with Gasteiger partial charge in [-0.25, -0.2) is 0 Å². The highest BCUT2D eigenvalue weighted by Gasteiger charge is 2.59. The third-order valence-corrected chi connectivity index (χ3v) is 10.3. The molecule has 1 fully saturated rings. The largest absolute Gasteiger partial charge is 0.434 e. The van der Waals surface area contributed by atoms with Gasteiger partial charge < -0.3 is 9.16 Å². The summed E-state index contributed by atoms with van der Waals surface area (Å²) in [7, 11) is -2.30. The minimum absolute atomic E-state index is 0.0964. The van der Waals surface area contributed by atoms with Gasteiger partial charge in [-0.1, -0.05) is 51.1 Å². The zero-order chi connectivity index (χ0) is 20.6. The molecule has 28 heavy (non-hydrogen) atoms. The number of hydroxylamine groups is 1. The third-order valence-electron chi connectivity index (χ3n) is 5.82. The smallest absolute Gasteiger partial charge is 0.308 e. The number of nitrogens with one attached hydrogen (secondary N) is 1. The second-order valence-corrected chi connectivity index (χ2v) is 13.7. The number of carbonyl (C=O) groups excluding carboxylic acids is 2. The fourth-order valence-corrected chi connectivity index (χ4v) is 4.35. The standard InChI is InChI=1S/C21H29NO5Si/c1-20(2,3)28(4,5)27-19-17(23)13-16-11-12-18(24)26-21(16,19)22-25-14-15-9-7-6-8-10-15/h6-10,13,19,22H,11-12,14H2,1-5H3. The van der Waals surface area contributed by atoms with E-state index in [0.717, 1.165) is 5.56 Å². The zero-order valence-corrected chi connectivity index (χ0v) is 18.2. The number of esters is 1. The number of hydrogen-bond donors (Lipinski definition) is 1. The number of benzene rings is 1. The van der Waals surface area contributed by atoms with E-state index in [9.17, 15) is 9.59 Å². The fraction of sp³-hybridized carbons (Fsp3) is 0.524. The molecule has 0 saturated carbocycles. The minimum Gasteiger partial charge on any atom is -0.434 e. The van der Waals surface area contributed by atoms with Crippen molar-refractivity contribution in [3.63, 3.8) is 0 Å². The van der Waals surface area contributed by atoms with Crippen LogP contribution in [0.1, 0.15) is 39.2 Å². The first kappa shape index (κ1) is 20.9. The Bertz CT molecular complexity index is 784. The first-order chi connectivity index (χ1) is 13.1. The lowest BCUT2D eigenvalue weighted by molar-refractivity contribution is -0.203. The van der Waals surface area contributed by atoms with Crippen LogP contribution in [0.3, 0.4) is 0 Å². The lowest BCUT2D eigenvalue weighted by Gasteiger charge is -2.44. The molecule has 7 heteroatoms. The van der Waals surface area contributed by atoms with Crippen LogP contribution in [0.4, 0.5) is 0 Å². The number of ether oxygens (including phenoxy) is 1. The summed E-state index contributed by atoms with van der Waals surface area (Å²) in [5, 5.41) is -0.0964. The van der Waals surface area contributed by atoms with Crippen molar-refractivity contribution in [1.82, 2.24) is 5.48 Å². The summed E-state index contributed by atoms with van der Waals surface area (Å²) in [6.45, 7) is 10.7. The Labute approximate surface area is 167 Å². The number of rotatable bonds is 6. The van der Waals surface area contributed by atoms with Gasteiger partial charge in [-0.15, -0.1) is 0 Å². The highest BCUT2D eigenvalue weighted by atomic mass is 28.4. The van der Waals surface area contributed by atoms with Crippen LogP contribution < -0.4 is 5.48 Å². The van der Waals surface area contributed by atoms with Crippen molar-refractivity contribution in [2.75, 3.05) is 0 Å². The van der Waals surface area contributed by atoms with E-state index >= 15 is 0 Å². The summed E-state index contributed by atoms with van der Waals surface area (Å²) in [4.78, 5) is 30.7. The van der Waals surface area contributed by atoms with E-state index in [0.29, 0.717) is 12.0 Å². The zero-order valence-electron chi connectivity index (χ0n) is 17.2. The first-order valence-corrected chi connectivity index (χ1v) is 12.5. The van der Waals surface area contributed by atoms with Crippen LogP contribution in [0.25, 0.3) is 0 Å². The number of carbonyl (C=O) groups is 2. The number of ketones is 1. The van der Waals surface area contributed by atoms with Gasteiger partial charge in [-0.3, -0.25) is 14.4 Å². The number of fused-ring (bicyclic) bond motifs is 1. The SMILES string of the molecule is CC(C)(C)[Si](C)(C)OC1C(=O)C=C2CCC(=O)OC21NOCc1ccccc1. The van der Waals surface area contributed by atoms with Gasteiger partial charge in [0.15, 0.2) is 20.2 Å². The van der Waals surface area contributed by atoms with Crippen LogP contribution in [0, 0.1) is 0 Å². The molecule has 2 aliphatic rings. The van der Waals surface area contributed by atoms with Crippen LogP contribution >= 0.6 is 0 Å². The van der Waals surface area contributed by atoms with Gasteiger partial charge in [0.05, 0.1) is 6.61 Å². The van der Waals surface area contributed by atoms with Gasteiger partial charge in [0.2, 0.25) is 5.72 Å². The molecule has 0 amide bonds. The van der Waals surface area contributed by atoms with E-state index in [-0.39, 0.29) is 29.8 Å². The molecule has 0 radical (unpaired) electrons. The molecule has 6 nitrogen and oxygen atoms in total. The third kappa shape index (κ3) is 3.98. The molecule has 1 heterocycles. The Hall–Kier alpha value is -1.80. The Kier molecular flexibility index (Phi) is 5.64. The van der Waals surface area contributed by atoms with Gasteiger partial charge in [0.1, 0.15) is 0 Å². The molecule has 1 N–H and O–H groups in total. The van der Waals surface area contributed by atoms with Gasteiger partial charge in [-0.05, 0) is 41.8 Å². The van der Waals surface area contributed by atoms with Crippen molar-refractivity contribution in [2.45, 2.75) is 70.2 Å². The Morgan fingerprint density at radius 2 is 1.86 bits per heavy atom. The van der Waals surface area contributed by atoms with E-state index in [4.69, 9.17) is 14.0 Å². The van der Waals surface area contributed by atoms with Crippen LogP contribution in [0.15, 0.2) is 42.0 Å². The maximum atomic E-state index is 12.8. The van der Waals surface area contributed by atoms with E-state index in [1.54, 1.807) is 6.08 Å². The minimum atomic E-state index is -2.30. The van der Waals surface area contributed by atoms with Crippen molar-refractivity contribution in [2.24, 2.45) is 0 Å². The van der Waals surface area contributed by atoms with Gasteiger partial charge in [0, 0.05) is 6.42 Å². The highest BCUT2D eigenvalue weighted by Crippen LogP contribution is 2.44. The molecule has 2 unspecified atom stereocenters. The maximum Gasteiger partial charge on any atom is 0.308 e. The number of hydrogen-bond acceptors (Lipinski definition) is 6. The second-order valence-electron chi connectivity index (χ2n) is 8.92. The van der Waals surface area contributed by atoms with Crippen molar-refractivity contribution < 1.29 is 23.6 Å². The average molecular weight is 404 g/mol. The predicted molar refractivity (Wildman–Crippen MR) is 108 cm³/mol. The average Bonchev–Trinajstić information content (AvgIpc) is 2.86. The lowest BCUT2D eigenvalue weighted by atomic mass is 9.97. The predicted octanol–water partition coefficient (Wildman–Crippen LogP) is 3.64. The molecule has 0 spiro atoms. The normalized spacial score (nSPS) is 25.3. The van der Waals surface area contributed by atoms with Gasteiger partial charge >= 0.3 is 5.97 Å². The highest BCUT2D eigenvalue weighted by molar-refractivity contribution is 6.74. The lowest BCUT2D eigenvalue weighted by Crippen LogP contribution is -2.63. The monoisotopic (exact) mass is 403 g/mol. The summed E-state index contributed by atoms with van der Waals surface area (Å²) in [6.07, 6.45) is 1.30. The Morgan fingerprint density at radius 1 is 1.18 bits per heavy atom. The summed E-state index contributed by atoms with van der Waals surface area (Å²) in [5.74, 6) is -0.558. The molecular weight excluding hydrogens is 374 g/mol. The van der Waals surface area contributed by atoms with Crippen LogP contribution in [-0.4, -0.2) is 31.9 Å². The molecule has 0 aromatic heterocycles. The molecule has 2 atom stereocenters. The molecule has 1 aliphatic carbocycles. The molecule has 1 aliphatic heterocycles.